The highest BCUT2D eigenvalue weighted by atomic mass is 32.1. The molecule has 0 aromatic carbocycles. The molecule has 0 saturated carbocycles. The zero-order chi connectivity index (χ0) is 14.7. The third kappa shape index (κ3) is 2.80. The van der Waals surface area contributed by atoms with Gasteiger partial charge in [-0.2, -0.15) is 0 Å². The highest BCUT2D eigenvalue weighted by Crippen LogP contribution is 2.15. The first kappa shape index (κ1) is 14.5. The highest BCUT2D eigenvalue weighted by molar-refractivity contribution is 7.09. The van der Waals surface area contributed by atoms with Crippen molar-refractivity contribution >= 4 is 17.3 Å². The number of hydrogen-bond acceptors (Lipinski definition) is 5. The topological polar surface area (TPSA) is 61.2 Å². The van der Waals surface area contributed by atoms with Crippen LogP contribution < -0.4 is 5.56 Å². The van der Waals surface area contributed by atoms with Gasteiger partial charge in [-0.05, 0) is 26.3 Å². The number of ether oxygens (including phenoxy) is 1. The number of nitrogens with zero attached hydrogens (tertiary/aromatic N) is 2. The van der Waals surface area contributed by atoms with Crippen LogP contribution in [0.2, 0.25) is 0 Å². The van der Waals surface area contributed by atoms with Crippen molar-refractivity contribution in [3.63, 3.8) is 0 Å². The van der Waals surface area contributed by atoms with Crippen LogP contribution in [0.15, 0.2) is 22.6 Å². The van der Waals surface area contributed by atoms with Gasteiger partial charge >= 0.3 is 5.97 Å². The molecule has 0 atom stereocenters. The van der Waals surface area contributed by atoms with E-state index in [2.05, 4.69) is 4.98 Å². The van der Waals surface area contributed by atoms with Crippen LogP contribution >= 0.6 is 11.3 Å². The van der Waals surface area contributed by atoms with Gasteiger partial charge in [0.25, 0.3) is 5.56 Å². The summed E-state index contributed by atoms with van der Waals surface area (Å²) >= 11 is 1.48. The van der Waals surface area contributed by atoms with Crippen molar-refractivity contribution in [3.05, 3.63) is 49.8 Å². The van der Waals surface area contributed by atoms with Gasteiger partial charge in [0.1, 0.15) is 0 Å². The summed E-state index contributed by atoms with van der Waals surface area (Å²) in [6.45, 7) is 6.00. The maximum atomic E-state index is 12.1. The minimum absolute atomic E-state index is 0.124. The molecular weight excluding hydrogens is 276 g/mol. The Hall–Kier alpha value is -1.95. The Balaban J connectivity index is 2.49. The standard InChI is InChI=1S/C14H16N2O3S/c1-4-19-14(18)13-9(2)5-12(17)16(10(13)3)7-11-6-15-8-20-11/h5-6,8H,4,7H2,1-3H3. The predicted octanol–water partition coefficient (Wildman–Crippen LogP) is 2.15. The lowest BCUT2D eigenvalue weighted by Crippen LogP contribution is -2.26. The summed E-state index contributed by atoms with van der Waals surface area (Å²) in [5.41, 5.74) is 3.33. The third-order valence-corrected chi connectivity index (χ3v) is 3.81. The van der Waals surface area contributed by atoms with Crippen LogP contribution in [0.1, 0.15) is 33.4 Å². The summed E-state index contributed by atoms with van der Waals surface area (Å²) in [5.74, 6) is -0.388. The summed E-state index contributed by atoms with van der Waals surface area (Å²) in [6.07, 6.45) is 1.72. The number of thiazole rings is 1. The maximum absolute atomic E-state index is 12.1. The second kappa shape index (κ2) is 6.00. The molecule has 0 unspecified atom stereocenters. The molecule has 0 spiro atoms. The van der Waals surface area contributed by atoms with Gasteiger partial charge in [-0.1, -0.05) is 0 Å². The lowest BCUT2D eigenvalue weighted by atomic mass is 10.1. The van der Waals surface area contributed by atoms with Gasteiger partial charge in [-0.3, -0.25) is 9.78 Å². The van der Waals surface area contributed by atoms with Crippen molar-refractivity contribution in [1.29, 1.82) is 0 Å². The van der Waals surface area contributed by atoms with Gasteiger partial charge in [0.15, 0.2) is 0 Å². The fourth-order valence-corrected chi connectivity index (χ4v) is 2.69. The summed E-state index contributed by atoms with van der Waals surface area (Å²) in [4.78, 5) is 29.1. The van der Waals surface area contributed by atoms with Crippen LogP contribution in [0, 0.1) is 13.8 Å². The Kier molecular flexibility index (Phi) is 4.34. The number of pyridine rings is 1. The Morgan fingerprint density at radius 2 is 2.20 bits per heavy atom. The normalized spacial score (nSPS) is 10.6. The molecule has 0 radical (unpaired) electrons. The third-order valence-electron chi connectivity index (χ3n) is 3.04. The number of aryl methyl sites for hydroxylation is 1. The molecule has 2 aromatic heterocycles. The van der Waals surface area contributed by atoms with Gasteiger partial charge in [0.05, 0.1) is 24.2 Å². The molecule has 2 rings (SSSR count). The minimum Gasteiger partial charge on any atom is -0.462 e. The number of aromatic nitrogens is 2. The first-order chi connectivity index (χ1) is 9.54. The first-order valence-electron chi connectivity index (χ1n) is 6.30. The van der Waals surface area contributed by atoms with E-state index in [-0.39, 0.29) is 11.5 Å². The summed E-state index contributed by atoms with van der Waals surface area (Å²) < 4.78 is 6.63. The predicted molar refractivity (Wildman–Crippen MR) is 77.3 cm³/mol. The molecule has 5 nitrogen and oxygen atoms in total. The zero-order valence-corrected chi connectivity index (χ0v) is 12.5. The number of hydrogen-bond donors (Lipinski definition) is 0. The van der Waals surface area contributed by atoms with Gasteiger partial charge in [-0.15, -0.1) is 11.3 Å². The van der Waals surface area contributed by atoms with Crippen molar-refractivity contribution < 1.29 is 9.53 Å². The summed E-state index contributed by atoms with van der Waals surface area (Å²) in [6, 6.07) is 1.47. The van der Waals surface area contributed by atoms with Crippen LogP contribution in [0.5, 0.6) is 0 Å². The Bertz CT molecular complexity index is 674. The molecule has 0 aliphatic carbocycles. The Morgan fingerprint density at radius 1 is 1.45 bits per heavy atom. The van der Waals surface area contributed by atoms with Crippen LogP contribution in [0.3, 0.4) is 0 Å². The van der Waals surface area contributed by atoms with Crippen molar-refractivity contribution in [2.24, 2.45) is 0 Å². The molecular formula is C14H16N2O3S. The second-order valence-electron chi connectivity index (χ2n) is 4.40. The molecule has 0 bridgehead atoms. The number of esters is 1. The fourth-order valence-electron chi connectivity index (χ4n) is 2.11. The van der Waals surface area contributed by atoms with Crippen LogP contribution in [-0.4, -0.2) is 22.1 Å². The van der Waals surface area contributed by atoms with Gasteiger partial charge in [0.2, 0.25) is 0 Å². The molecule has 0 N–H and O–H groups in total. The summed E-state index contributed by atoms with van der Waals surface area (Å²) in [7, 11) is 0. The van der Waals surface area contributed by atoms with Gasteiger partial charge < -0.3 is 9.30 Å². The molecule has 0 aliphatic heterocycles. The average Bonchev–Trinajstić information content (AvgIpc) is 2.87. The summed E-state index contributed by atoms with van der Waals surface area (Å²) in [5, 5.41) is 0. The lowest BCUT2D eigenvalue weighted by molar-refractivity contribution is 0.0523. The number of rotatable bonds is 4. The first-order valence-corrected chi connectivity index (χ1v) is 7.18. The van der Waals surface area contributed by atoms with E-state index in [0.29, 0.717) is 30.0 Å². The van der Waals surface area contributed by atoms with E-state index in [0.717, 1.165) is 4.88 Å². The Labute approximate surface area is 120 Å². The second-order valence-corrected chi connectivity index (χ2v) is 5.37. The van der Waals surface area contributed by atoms with E-state index in [1.807, 2.05) is 0 Å². The number of carbonyl (C=O) groups excluding carboxylic acids is 1. The minimum atomic E-state index is -0.388. The van der Waals surface area contributed by atoms with Crippen LogP contribution in [0.4, 0.5) is 0 Å². The molecule has 2 heterocycles. The van der Waals surface area contributed by atoms with E-state index in [9.17, 15) is 9.59 Å². The molecule has 0 aliphatic rings. The Morgan fingerprint density at radius 3 is 2.80 bits per heavy atom. The van der Waals surface area contributed by atoms with E-state index >= 15 is 0 Å². The van der Waals surface area contributed by atoms with E-state index < -0.39 is 0 Å². The average molecular weight is 292 g/mol. The monoisotopic (exact) mass is 292 g/mol. The molecule has 6 heteroatoms. The zero-order valence-electron chi connectivity index (χ0n) is 11.7. The van der Waals surface area contributed by atoms with Crippen LogP contribution in [-0.2, 0) is 11.3 Å². The SMILES string of the molecule is CCOC(=O)c1c(C)cc(=O)n(Cc2cncs2)c1C. The quantitative estimate of drug-likeness (QED) is 0.810. The van der Waals surface area contributed by atoms with E-state index in [1.165, 1.54) is 17.4 Å². The van der Waals surface area contributed by atoms with Crippen molar-refractivity contribution in [1.82, 2.24) is 9.55 Å². The highest BCUT2D eigenvalue weighted by Gasteiger charge is 2.18. The molecule has 106 valence electrons. The smallest absolute Gasteiger partial charge is 0.340 e. The number of carbonyl (C=O) groups is 1. The molecule has 0 amide bonds. The lowest BCUT2D eigenvalue weighted by Gasteiger charge is -2.14. The largest absolute Gasteiger partial charge is 0.462 e. The molecule has 0 fully saturated rings. The van der Waals surface area contributed by atoms with E-state index in [4.69, 9.17) is 4.74 Å². The van der Waals surface area contributed by atoms with Crippen molar-refractivity contribution in [2.45, 2.75) is 27.3 Å². The van der Waals surface area contributed by atoms with Crippen molar-refractivity contribution in [2.75, 3.05) is 6.61 Å². The van der Waals surface area contributed by atoms with Gasteiger partial charge in [0, 0.05) is 22.8 Å². The van der Waals surface area contributed by atoms with Crippen molar-refractivity contribution in [3.8, 4) is 0 Å². The molecule has 20 heavy (non-hydrogen) atoms. The van der Waals surface area contributed by atoms with Crippen LogP contribution in [0.25, 0.3) is 0 Å². The maximum Gasteiger partial charge on any atom is 0.340 e. The fraction of sp³-hybridized carbons (Fsp3) is 0.357. The molecule has 0 saturated heterocycles. The van der Waals surface area contributed by atoms with Gasteiger partial charge in [-0.25, -0.2) is 4.79 Å². The van der Waals surface area contributed by atoms with E-state index in [1.54, 1.807) is 37.0 Å². The molecule has 2 aromatic rings.